The SMILES string of the molecule is Cc1ccc(Cl)cc1NC(=O)C1CCN(S(=O)(=O)Cc2cccc(Cl)c2)CC1. The van der Waals surface area contributed by atoms with E-state index in [4.69, 9.17) is 23.2 Å². The minimum Gasteiger partial charge on any atom is -0.326 e. The zero-order valence-corrected chi connectivity index (χ0v) is 17.8. The average Bonchev–Trinajstić information content (AvgIpc) is 2.64. The quantitative estimate of drug-likeness (QED) is 0.744. The number of hydrogen-bond donors (Lipinski definition) is 1. The van der Waals surface area contributed by atoms with Gasteiger partial charge in [-0.05, 0) is 55.2 Å². The lowest BCUT2D eigenvalue weighted by atomic mass is 9.97. The number of piperidine rings is 1. The van der Waals surface area contributed by atoms with Crippen LogP contribution in [0.25, 0.3) is 0 Å². The van der Waals surface area contributed by atoms with Crippen molar-refractivity contribution in [2.24, 2.45) is 5.92 Å². The predicted molar refractivity (Wildman–Crippen MR) is 113 cm³/mol. The second kappa shape index (κ2) is 8.82. The third-order valence-corrected chi connectivity index (χ3v) is 7.23. The largest absolute Gasteiger partial charge is 0.326 e. The summed E-state index contributed by atoms with van der Waals surface area (Å²) in [6.07, 6.45) is 0.973. The highest BCUT2D eigenvalue weighted by atomic mass is 35.5. The molecule has 1 aliphatic rings. The van der Waals surface area contributed by atoms with Gasteiger partial charge in [0.25, 0.3) is 0 Å². The molecule has 5 nitrogen and oxygen atoms in total. The summed E-state index contributed by atoms with van der Waals surface area (Å²) in [5.41, 5.74) is 2.27. The van der Waals surface area contributed by atoms with Crippen LogP contribution in [0.3, 0.4) is 0 Å². The lowest BCUT2D eigenvalue weighted by Gasteiger charge is -2.30. The van der Waals surface area contributed by atoms with Gasteiger partial charge in [-0.2, -0.15) is 0 Å². The third-order valence-electron chi connectivity index (χ3n) is 4.91. The normalized spacial score (nSPS) is 16.1. The Morgan fingerprint density at radius 1 is 1.11 bits per heavy atom. The van der Waals surface area contributed by atoms with Crippen molar-refractivity contribution in [1.82, 2.24) is 4.31 Å². The van der Waals surface area contributed by atoms with Crippen LogP contribution >= 0.6 is 23.2 Å². The Labute approximate surface area is 175 Å². The maximum Gasteiger partial charge on any atom is 0.227 e. The standard InChI is InChI=1S/C20H22Cl2N2O3S/c1-14-5-6-18(22)12-19(14)23-20(25)16-7-9-24(10-8-16)28(26,27)13-15-3-2-4-17(21)11-15/h2-6,11-12,16H,7-10,13H2,1H3,(H,23,25). The molecule has 1 heterocycles. The molecule has 0 aromatic heterocycles. The molecule has 0 unspecified atom stereocenters. The van der Waals surface area contributed by atoms with Gasteiger partial charge in [0, 0.05) is 34.7 Å². The first-order valence-corrected chi connectivity index (χ1v) is 11.4. The van der Waals surface area contributed by atoms with Crippen LogP contribution in [0.4, 0.5) is 5.69 Å². The van der Waals surface area contributed by atoms with Crippen molar-refractivity contribution in [3.05, 3.63) is 63.6 Å². The van der Waals surface area contributed by atoms with E-state index in [1.165, 1.54) is 4.31 Å². The lowest BCUT2D eigenvalue weighted by Crippen LogP contribution is -2.41. The van der Waals surface area contributed by atoms with Crippen LogP contribution < -0.4 is 5.32 Å². The smallest absolute Gasteiger partial charge is 0.227 e. The average molecular weight is 441 g/mol. The van der Waals surface area contributed by atoms with E-state index in [2.05, 4.69) is 5.32 Å². The van der Waals surface area contributed by atoms with Crippen LogP contribution in [0, 0.1) is 12.8 Å². The molecule has 1 N–H and O–H groups in total. The van der Waals surface area contributed by atoms with Crippen molar-refractivity contribution >= 4 is 44.8 Å². The fourth-order valence-corrected chi connectivity index (χ4v) is 5.22. The van der Waals surface area contributed by atoms with Crippen molar-refractivity contribution < 1.29 is 13.2 Å². The van der Waals surface area contributed by atoms with E-state index in [1.807, 2.05) is 13.0 Å². The molecule has 1 fully saturated rings. The Hall–Kier alpha value is -1.60. The minimum absolute atomic E-state index is 0.0911. The van der Waals surface area contributed by atoms with Gasteiger partial charge in [-0.1, -0.05) is 41.4 Å². The summed E-state index contributed by atoms with van der Waals surface area (Å²) in [4.78, 5) is 12.6. The van der Waals surface area contributed by atoms with Gasteiger partial charge in [-0.3, -0.25) is 4.79 Å². The molecule has 0 bridgehead atoms. The second-order valence-corrected chi connectivity index (χ2v) is 9.85. The molecule has 28 heavy (non-hydrogen) atoms. The van der Waals surface area contributed by atoms with Gasteiger partial charge >= 0.3 is 0 Å². The van der Waals surface area contributed by atoms with E-state index in [0.717, 1.165) is 5.56 Å². The number of amides is 1. The van der Waals surface area contributed by atoms with Crippen LogP contribution in [0.1, 0.15) is 24.0 Å². The van der Waals surface area contributed by atoms with E-state index in [9.17, 15) is 13.2 Å². The van der Waals surface area contributed by atoms with Crippen LogP contribution in [0.5, 0.6) is 0 Å². The van der Waals surface area contributed by atoms with Gasteiger partial charge in [0.1, 0.15) is 0 Å². The zero-order valence-electron chi connectivity index (χ0n) is 15.5. The summed E-state index contributed by atoms with van der Waals surface area (Å²) in [5.74, 6) is -0.417. The minimum atomic E-state index is -3.45. The molecule has 0 radical (unpaired) electrons. The number of rotatable bonds is 5. The third kappa shape index (κ3) is 5.26. The molecule has 2 aromatic carbocycles. The molecule has 2 aromatic rings. The molecule has 3 rings (SSSR count). The van der Waals surface area contributed by atoms with Gasteiger partial charge in [0.15, 0.2) is 0 Å². The molecule has 150 valence electrons. The first-order valence-electron chi connectivity index (χ1n) is 9.04. The van der Waals surface area contributed by atoms with Crippen molar-refractivity contribution in [3.8, 4) is 0 Å². The molecule has 1 saturated heterocycles. The van der Waals surface area contributed by atoms with E-state index in [0.29, 0.717) is 47.2 Å². The summed E-state index contributed by atoms with van der Waals surface area (Å²) in [7, 11) is -3.45. The summed E-state index contributed by atoms with van der Waals surface area (Å²) in [5, 5.41) is 3.99. The van der Waals surface area contributed by atoms with Gasteiger partial charge in [0.05, 0.1) is 5.75 Å². The molecular weight excluding hydrogens is 419 g/mol. The number of hydrogen-bond acceptors (Lipinski definition) is 3. The number of carbonyl (C=O) groups is 1. The van der Waals surface area contributed by atoms with E-state index in [1.54, 1.807) is 36.4 Å². The number of halogens is 2. The summed E-state index contributed by atoms with van der Waals surface area (Å²) in [6, 6.07) is 12.2. The number of nitrogens with zero attached hydrogens (tertiary/aromatic N) is 1. The Morgan fingerprint density at radius 2 is 1.79 bits per heavy atom. The van der Waals surface area contributed by atoms with Gasteiger partial charge in [-0.25, -0.2) is 12.7 Å². The van der Waals surface area contributed by atoms with Crippen molar-refractivity contribution in [2.45, 2.75) is 25.5 Å². The van der Waals surface area contributed by atoms with E-state index in [-0.39, 0.29) is 17.6 Å². The second-order valence-electron chi connectivity index (χ2n) is 7.01. The summed E-state index contributed by atoms with van der Waals surface area (Å²) < 4.78 is 26.8. The Bertz CT molecular complexity index is 971. The van der Waals surface area contributed by atoms with E-state index >= 15 is 0 Å². The molecule has 8 heteroatoms. The van der Waals surface area contributed by atoms with Gasteiger partial charge < -0.3 is 5.32 Å². The highest BCUT2D eigenvalue weighted by Crippen LogP contribution is 2.25. The number of nitrogens with one attached hydrogen (secondary N) is 1. The van der Waals surface area contributed by atoms with Crippen LogP contribution in [-0.4, -0.2) is 31.7 Å². The molecule has 1 amide bonds. The number of benzene rings is 2. The molecule has 1 aliphatic heterocycles. The molecule has 0 spiro atoms. The Balaban J connectivity index is 1.59. The van der Waals surface area contributed by atoms with Crippen LogP contribution in [0.15, 0.2) is 42.5 Å². The fraction of sp³-hybridized carbons (Fsp3) is 0.350. The molecule has 0 aliphatic carbocycles. The number of aryl methyl sites for hydroxylation is 1. The highest BCUT2D eigenvalue weighted by molar-refractivity contribution is 7.88. The fourth-order valence-electron chi connectivity index (χ4n) is 3.29. The van der Waals surface area contributed by atoms with Gasteiger partial charge in [0.2, 0.25) is 15.9 Å². The zero-order chi connectivity index (χ0) is 20.3. The molecular formula is C20H22Cl2N2O3S. The lowest BCUT2D eigenvalue weighted by molar-refractivity contribution is -0.120. The Kier molecular flexibility index (Phi) is 6.65. The maximum atomic E-state index is 12.7. The number of anilines is 1. The van der Waals surface area contributed by atoms with Crippen molar-refractivity contribution in [3.63, 3.8) is 0 Å². The Morgan fingerprint density at radius 3 is 2.46 bits per heavy atom. The molecule has 0 saturated carbocycles. The summed E-state index contributed by atoms with van der Waals surface area (Å²) in [6.45, 7) is 2.56. The first kappa shape index (κ1) is 21.1. The predicted octanol–water partition coefficient (Wildman–Crippen LogP) is 4.48. The van der Waals surface area contributed by atoms with Crippen molar-refractivity contribution in [2.75, 3.05) is 18.4 Å². The van der Waals surface area contributed by atoms with Crippen molar-refractivity contribution in [1.29, 1.82) is 0 Å². The first-order chi connectivity index (χ1) is 13.2. The highest BCUT2D eigenvalue weighted by Gasteiger charge is 2.31. The monoisotopic (exact) mass is 440 g/mol. The van der Waals surface area contributed by atoms with Gasteiger partial charge in [-0.15, -0.1) is 0 Å². The maximum absolute atomic E-state index is 12.7. The topological polar surface area (TPSA) is 66.5 Å². The van der Waals surface area contributed by atoms with Crippen LogP contribution in [-0.2, 0) is 20.6 Å². The molecule has 0 atom stereocenters. The number of sulfonamides is 1. The van der Waals surface area contributed by atoms with Crippen LogP contribution in [0.2, 0.25) is 10.0 Å². The van der Waals surface area contributed by atoms with E-state index < -0.39 is 10.0 Å². The number of carbonyl (C=O) groups excluding carboxylic acids is 1. The summed E-state index contributed by atoms with van der Waals surface area (Å²) >= 11 is 11.9.